The Morgan fingerprint density at radius 2 is 2.11 bits per heavy atom. The maximum atomic E-state index is 13.3. The zero-order valence-electron chi connectivity index (χ0n) is 10.6. The fourth-order valence-corrected chi connectivity index (χ4v) is 1.85. The maximum Gasteiger partial charge on any atom is 0.148 e. The third-order valence-electron chi connectivity index (χ3n) is 3.15. The summed E-state index contributed by atoms with van der Waals surface area (Å²) in [5.74, 6) is -0.389. The summed E-state index contributed by atoms with van der Waals surface area (Å²) in [6.07, 6.45) is 3.87. The summed E-state index contributed by atoms with van der Waals surface area (Å²) in [6.45, 7) is 4.93. The van der Waals surface area contributed by atoms with Crippen LogP contribution >= 0.6 is 0 Å². The van der Waals surface area contributed by atoms with E-state index >= 15 is 0 Å². The van der Waals surface area contributed by atoms with Crippen molar-refractivity contribution >= 4 is 11.4 Å². The standard InChI is InChI=1S/C14H18FN3/c1-14(2,10-6-7-17-8-10)9-18-12-5-3-4-11(15)13(12)16/h3-8,17-18H,9,16H2,1-2H3. The fourth-order valence-electron chi connectivity index (χ4n) is 1.85. The van der Waals surface area contributed by atoms with Crippen LogP contribution in [-0.2, 0) is 5.41 Å². The van der Waals surface area contributed by atoms with Gasteiger partial charge in [-0.1, -0.05) is 19.9 Å². The molecule has 4 N–H and O–H groups in total. The van der Waals surface area contributed by atoms with Gasteiger partial charge in [0, 0.05) is 24.4 Å². The van der Waals surface area contributed by atoms with Crippen molar-refractivity contribution in [3.8, 4) is 0 Å². The van der Waals surface area contributed by atoms with Crippen LogP contribution in [0.1, 0.15) is 19.4 Å². The number of hydrogen-bond acceptors (Lipinski definition) is 2. The van der Waals surface area contributed by atoms with E-state index in [1.807, 2.05) is 18.5 Å². The average molecular weight is 247 g/mol. The fraction of sp³-hybridized carbons (Fsp3) is 0.286. The number of halogens is 1. The molecule has 1 aromatic heterocycles. The van der Waals surface area contributed by atoms with E-state index in [2.05, 4.69) is 24.1 Å². The molecule has 3 nitrogen and oxygen atoms in total. The molecule has 1 aromatic carbocycles. The van der Waals surface area contributed by atoms with Gasteiger partial charge in [-0.15, -0.1) is 0 Å². The van der Waals surface area contributed by atoms with Gasteiger partial charge >= 0.3 is 0 Å². The first-order valence-electron chi connectivity index (χ1n) is 5.92. The number of para-hydroxylation sites is 1. The van der Waals surface area contributed by atoms with Gasteiger partial charge < -0.3 is 16.0 Å². The first kappa shape index (κ1) is 12.5. The van der Waals surface area contributed by atoms with Crippen LogP contribution in [0.4, 0.5) is 15.8 Å². The molecule has 0 saturated carbocycles. The van der Waals surface area contributed by atoms with Gasteiger partial charge in [-0.25, -0.2) is 4.39 Å². The first-order chi connectivity index (χ1) is 8.50. The second-order valence-corrected chi connectivity index (χ2v) is 5.04. The van der Waals surface area contributed by atoms with E-state index in [-0.39, 0.29) is 16.9 Å². The maximum absolute atomic E-state index is 13.3. The quantitative estimate of drug-likeness (QED) is 0.727. The zero-order valence-corrected chi connectivity index (χ0v) is 10.6. The predicted molar refractivity (Wildman–Crippen MR) is 73.1 cm³/mol. The number of aromatic nitrogens is 1. The molecule has 0 spiro atoms. The molecule has 0 fully saturated rings. The lowest BCUT2D eigenvalue weighted by Gasteiger charge is -2.25. The second kappa shape index (κ2) is 4.72. The number of nitrogens with one attached hydrogen (secondary N) is 2. The Labute approximate surface area is 106 Å². The highest BCUT2D eigenvalue weighted by Gasteiger charge is 2.21. The number of anilines is 2. The SMILES string of the molecule is CC(C)(CNc1cccc(F)c1N)c1cc[nH]c1. The van der Waals surface area contributed by atoms with Gasteiger partial charge in [-0.2, -0.15) is 0 Å². The number of aromatic amines is 1. The number of rotatable bonds is 4. The van der Waals surface area contributed by atoms with E-state index < -0.39 is 0 Å². The largest absolute Gasteiger partial charge is 0.395 e. The van der Waals surface area contributed by atoms with Gasteiger partial charge in [0.1, 0.15) is 5.82 Å². The van der Waals surface area contributed by atoms with Crippen molar-refractivity contribution in [1.82, 2.24) is 4.98 Å². The van der Waals surface area contributed by atoms with E-state index in [1.165, 1.54) is 11.6 Å². The second-order valence-electron chi connectivity index (χ2n) is 5.04. The van der Waals surface area contributed by atoms with Crippen LogP contribution in [0.2, 0.25) is 0 Å². The minimum absolute atomic E-state index is 0.0568. The van der Waals surface area contributed by atoms with E-state index in [0.29, 0.717) is 12.2 Å². The smallest absolute Gasteiger partial charge is 0.148 e. The number of nitrogen functional groups attached to an aromatic ring is 1. The third kappa shape index (κ3) is 2.47. The summed E-state index contributed by atoms with van der Waals surface area (Å²) in [6, 6.07) is 6.83. The molecule has 0 aliphatic heterocycles. The highest BCUT2D eigenvalue weighted by Crippen LogP contribution is 2.26. The Bertz CT molecular complexity index is 518. The molecule has 0 aliphatic carbocycles. The zero-order chi connectivity index (χ0) is 13.2. The Balaban J connectivity index is 2.10. The Hall–Kier alpha value is -1.97. The van der Waals surface area contributed by atoms with Crippen molar-refractivity contribution < 1.29 is 4.39 Å². The molecule has 0 aliphatic rings. The lowest BCUT2D eigenvalue weighted by molar-refractivity contribution is 0.557. The number of nitrogens with two attached hydrogens (primary N) is 1. The van der Waals surface area contributed by atoms with Gasteiger partial charge in [-0.05, 0) is 23.8 Å². The van der Waals surface area contributed by atoms with E-state index in [4.69, 9.17) is 5.73 Å². The monoisotopic (exact) mass is 247 g/mol. The molecule has 0 bridgehead atoms. The summed E-state index contributed by atoms with van der Waals surface area (Å²) in [7, 11) is 0. The van der Waals surface area contributed by atoms with Crippen LogP contribution in [0, 0.1) is 5.82 Å². The third-order valence-corrected chi connectivity index (χ3v) is 3.15. The summed E-state index contributed by atoms with van der Waals surface area (Å²) < 4.78 is 13.3. The van der Waals surface area contributed by atoms with Crippen molar-refractivity contribution in [3.05, 3.63) is 48.0 Å². The van der Waals surface area contributed by atoms with Crippen molar-refractivity contribution in [2.75, 3.05) is 17.6 Å². The minimum Gasteiger partial charge on any atom is -0.395 e. The number of hydrogen-bond donors (Lipinski definition) is 3. The molecule has 0 atom stereocenters. The highest BCUT2D eigenvalue weighted by atomic mass is 19.1. The van der Waals surface area contributed by atoms with Crippen molar-refractivity contribution in [1.29, 1.82) is 0 Å². The molecule has 2 rings (SSSR count). The molecular formula is C14H18FN3. The molecule has 18 heavy (non-hydrogen) atoms. The predicted octanol–water partition coefficient (Wildman–Crippen LogP) is 3.13. The molecule has 0 saturated heterocycles. The van der Waals surface area contributed by atoms with Gasteiger partial charge in [0.05, 0.1) is 11.4 Å². The molecule has 0 radical (unpaired) electrons. The Morgan fingerprint density at radius 1 is 1.33 bits per heavy atom. The Morgan fingerprint density at radius 3 is 2.78 bits per heavy atom. The molecule has 4 heteroatoms. The number of H-pyrrole nitrogens is 1. The average Bonchev–Trinajstić information content (AvgIpc) is 2.85. The molecular weight excluding hydrogens is 229 g/mol. The molecule has 1 heterocycles. The minimum atomic E-state index is -0.389. The van der Waals surface area contributed by atoms with Gasteiger partial charge in [-0.3, -0.25) is 0 Å². The number of benzene rings is 1. The van der Waals surface area contributed by atoms with Crippen LogP contribution < -0.4 is 11.1 Å². The molecule has 0 amide bonds. The Kier molecular flexibility index (Phi) is 3.28. The lowest BCUT2D eigenvalue weighted by Crippen LogP contribution is -2.27. The van der Waals surface area contributed by atoms with Gasteiger partial charge in [0.25, 0.3) is 0 Å². The summed E-state index contributed by atoms with van der Waals surface area (Å²) >= 11 is 0. The van der Waals surface area contributed by atoms with Crippen molar-refractivity contribution in [3.63, 3.8) is 0 Å². The first-order valence-corrected chi connectivity index (χ1v) is 5.92. The summed E-state index contributed by atoms with van der Waals surface area (Å²) in [5, 5.41) is 3.20. The van der Waals surface area contributed by atoms with Crippen LogP contribution in [0.15, 0.2) is 36.7 Å². The topological polar surface area (TPSA) is 53.8 Å². The highest BCUT2D eigenvalue weighted by molar-refractivity contribution is 5.66. The van der Waals surface area contributed by atoms with E-state index in [9.17, 15) is 4.39 Å². The normalized spacial score (nSPS) is 11.5. The summed E-state index contributed by atoms with van der Waals surface area (Å²) in [5.41, 5.74) is 7.64. The van der Waals surface area contributed by atoms with Crippen molar-refractivity contribution in [2.45, 2.75) is 19.3 Å². The van der Waals surface area contributed by atoms with Gasteiger partial charge in [0.2, 0.25) is 0 Å². The van der Waals surface area contributed by atoms with Crippen LogP contribution in [-0.4, -0.2) is 11.5 Å². The van der Waals surface area contributed by atoms with E-state index in [1.54, 1.807) is 12.1 Å². The van der Waals surface area contributed by atoms with E-state index in [0.717, 1.165) is 0 Å². The van der Waals surface area contributed by atoms with Crippen LogP contribution in [0.5, 0.6) is 0 Å². The van der Waals surface area contributed by atoms with Gasteiger partial charge in [0.15, 0.2) is 0 Å². The van der Waals surface area contributed by atoms with Crippen LogP contribution in [0.25, 0.3) is 0 Å². The molecule has 0 unspecified atom stereocenters. The van der Waals surface area contributed by atoms with Crippen LogP contribution in [0.3, 0.4) is 0 Å². The lowest BCUT2D eigenvalue weighted by atomic mass is 9.86. The summed E-state index contributed by atoms with van der Waals surface area (Å²) in [4.78, 5) is 3.04. The van der Waals surface area contributed by atoms with Crippen molar-refractivity contribution in [2.24, 2.45) is 0 Å². The molecule has 2 aromatic rings. The molecule has 96 valence electrons.